The first kappa shape index (κ1) is 24.8. The number of carbonyl (C=O) groups excluding carboxylic acids is 1. The molecule has 0 aliphatic carbocycles. The van der Waals surface area contributed by atoms with Crippen LogP contribution in [0.25, 0.3) is 5.69 Å². The fourth-order valence-electron chi connectivity index (χ4n) is 4.51. The molecule has 4 rings (SSSR count). The number of anilines is 1. The van der Waals surface area contributed by atoms with E-state index in [4.69, 9.17) is 0 Å². The van der Waals surface area contributed by atoms with E-state index in [-0.39, 0.29) is 22.9 Å². The van der Waals surface area contributed by atoms with E-state index < -0.39 is 15.4 Å². The zero-order chi connectivity index (χ0) is 25.4. The minimum atomic E-state index is -3.48. The summed E-state index contributed by atoms with van der Waals surface area (Å²) in [5, 5.41) is 7.60. The Bertz CT molecular complexity index is 1340. The van der Waals surface area contributed by atoms with Crippen LogP contribution >= 0.6 is 0 Å². The maximum atomic E-state index is 13.7. The number of urea groups is 1. The summed E-state index contributed by atoms with van der Waals surface area (Å²) in [6, 6.07) is 8.67. The normalized spacial score (nSPS) is 16.0. The number of hydrogen-bond acceptors (Lipinski definition) is 5. The van der Waals surface area contributed by atoms with Crippen molar-refractivity contribution in [3.8, 4) is 5.69 Å². The second kappa shape index (κ2) is 9.41. The largest absolute Gasteiger partial charge is 0.331 e. The molecule has 0 saturated carbocycles. The van der Waals surface area contributed by atoms with E-state index in [0.29, 0.717) is 30.5 Å². The molecular weight excluding hydrogens is 469 g/mol. The number of hydrogen-bond donors (Lipinski definition) is 1. The Morgan fingerprint density at radius 1 is 1.23 bits per heavy atom. The number of nitrogens with one attached hydrogen (secondary N) is 1. The van der Waals surface area contributed by atoms with Gasteiger partial charge in [0.2, 0.25) is 0 Å². The zero-order valence-electron chi connectivity index (χ0n) is 20.3. The predicted molar refractivity (Wildman–Crippen MR) is 132 cm³/mol. The van der Waals surface area contributed by atoms with E-state index in [1.807, 2.05) is 20.8 Å². The topological polar surface area (TPSA) is 97.2 Å². The van der Waals surface area contributed by atoms with E-state index in [1.54, 1.807) is 34.0 Å². The number of halogens is 1. The SMILES string of the molecule is CCC[C@H](NC(=O)N1c2cnn(-c3ccc(F)cc3)c2CCC1(C)C)c1ccnc(S(C)(=O)=O)c1. The lowest BCUT2D eigenvalue weighted by Gasteiger charge is -2.42. The highest BCUT2D eigenvalue weighted by Crippen LogP contribution is 2.38. The summed E-state index contributed by atoms with van der Waals surface area (Å²) < 4.78 is 39.2. The standard InChI is InChI=1S/C25H30FN5O3S/c1-5-6-20(17-12-14-27-23(15-17)35(4,33)34)29-24(32)30-22-16-28-31(19-9-7-18(26)8-10-19)21(22)11-13-25(30,2)3/h7-10,12,14-16,20H,5-6,11,13H2,1-4H3,(H,29,32)/t20-/m0/s1. The smallest absolute Gasteiger partial charge is 0.322 e. The van der Waals surface area contributed by atoms with E-state index in [2.05, 4.69) is 15.4 Å². The van der Waals surface area contributed by atoms with Crippen molar-refractivity contribution in [2.45, 2.75) is 63.1 Å². The number of fused-ring (bicyclic) bond motifs is 1. The fraction of sp³-hybridized carbons (Fsp3) is 0.400. The van der Waals surface area contributed by atoms with Gasteiger partial charge in [-0.2, -0.15) is 5.10 Å². The van der Waals surface area contributed by atoms with Crippen LogP contribution in [0.2, 0.25) is 0 Å². The maximum Gasteiger partial charge on any atom is 0.322 e. The molecule has 0 bridgehead atoms. The van der Waals surface area contributed by atoms with Crippen molar-refractivity contribution in [2.75, 3.05) is 11.2 Å². The molecule has 2 amide bonds. The van der Waals surface area contributed by atoms with Crippen LogP contribution in [0.3, 0.4) is 0 Å². The minimum absolute atomic E-state index is 0.0217. The van der Waals surface area contributed by atoms with E-state index in [9.17, 15) is 17.6 Å². The van der Waals surface area contributed by atoms with Gasteiger partial charge in [0.1, 0.15) is 5.82 Å². The van der Waals surface area contributed by atoms with Gasteiger partial charge in [-0.25, -0.2) is 27.3 Å². The number of aromatic nitrogens is 3. The number of carbonyl (C=O) groups is 1. The number of pyridine rings is 1. The van der Waals surface area contributed by atoms with Crippen LogP contribution in [-0.2, 0) is 16.3 Å². The number of amides is 2. The molecule has 0 spiro atoms. The second-order valence-electron chi connectivity index (χ2n) is 9.50. The van der Waals surface area contributed by atoms with Gasteiger partial charge in [0, 0.05) is 18.0 Å². The first-order valence-corrected chi connectivity index (χ1v) is 13.5. The molecule has 1 aliphatic heterocycles. The molecule has 0 radical (unpaired) electrons. The summed E-state index contributed by atoms with van der Waals surface area (Å²) in [4.78, 5) is 19.4. The van der Waals surface area contributed by atoms with Gasteiger partial charge in [0.25, 0.3) is 0 Å². The third-order valence-electron chi connectivity index (χ3n) is 6.36. The Balaban J connectivity index is 1.67. The molecule has 0 saturated heterocycles. The molecule has 186 valence electrons. The van der Waals surface area contributed by atoms with E-state index >= 15 is 0 Å². The van der Waals surface area contributed by atoms with Crippen LogP contribution in [0.1, 0.15) is 57.3 Å². The molecule has 1 aromatic carbocycles. The van der Waals surface area contributed by atoms with Gasteiger partial charge in [-0.3, -0.25) is 4.90 Å². The fourth-order valence-corrected chi connectivity index (χ4v) is 5.11. The average Bonchev–Trinajstić information content (AvgIpc) is 3.21. The summed E-state index contributed by atoms with van der Waals surface area (Å²) in [6.07, 6.45) is 7.09. The highest BCUT2D eigenvalue weighted by Gasteiger charge is 2.40. The van der Waals surface area contributed by atoms with E-state index in [1.165, 1.54) is 24.4 Å². The van der Waals surface area contributed by atoms with Crippen LogP contribution in [0.4, 0.5) is 14.9 Å². The monoisotopic (exact) mass is 499 g/mol. The predicted octanol–water partition coefficient (Wildman–Crippen LogP) is 4.59. The van der Waals surface area contributed by atoms with Crippen molar-refractivity contribution >= 4 is 21.6 Å². The van der Waals surface area contributed by atoms with Gasteiger partial charge in [0.05, 0.1) is 29.3 Å². The summed E-state index contributed by atoms with van der Waals surface area (Å²) in [7, 11) is -3.48. The van der Waals surface area contributed by atoms with Crippen LogP contribution in [-0.4, -0.2) is 41.0 Å². The summed E-state index contributed by atoms with van der Waals surface area (Å²) in [6.45, 7) is 6.02. The highest BCUT2D eigenvalue weighted by molar-refractivity contribution is 7.90. The Morgan fingerprint density at radius 3 is 2.60 bits per heavy atom. The van der Waals surface area contributed by atoms with Gasteiger partial charge in [-0.1, -0.05) is 13.3 Å². The molecule has 1 N–H and O–H groups in total. The number of benzene rings is 1. The molecule has 35 heavy (non-hydrogen) atoms. The quantitative estimate of drug-likeness (QED) is 0.535. The Labute approximate surface area is 205 Å². The lowest BCUT2D eigenvalue weighted by Crippen LogP contribution is -2.55. The van der Waals surface area contributed by atoms with Crippen LogP contribution in [0.5, 0.6) is 0 Å². The Morgan fingerprint density at radius 2 is 1.94 bits per heavy atom. The summed E-state index contributed by atoms with van der Waals surface area (Å²) in [5.41, 5.74) is 2.52. The lowest BCUT2D eigenvalue weighted by molar-refractivity contribution is 0.233. The molecule has 1 atom stereocenters. The molecule has 0 fully saturated rings. The first-order valence-electron chi connectivity index (χ1n) is 11.6. The third kappa shape index (κ3) is 5.07. The number of rotatable bonds is 6. The molecule has 10 heteroatoms. The second-order valence-corrected chi connectivity index (χ2v) is 11.5. The van der Waals surface area contributed by atoms with Gasteiger partial charge >= 0.3 is 6.03 Å². The highest BCUT2D eigenvalue weighted by atomic mass is 32.2. The molecule has 8 nitrogen and oxygen atoms in total. The van der Waals surface area contributed by atoms with Crippen LogP contribution in [0, 0.1) is 5.82 Å². The first-order chi connectivity index (χ1) is 16.5. The van der Waals surface area contributed by atoms with Crippen molar-refractivity contribution in [3.05, 3.63) is 65.9 Å². The molecule has 2 aromatic heterocycles. The Kier molecular flexibility index (Phi) is 6.68. The molecule has 3 heterocycles. The minimum Gasteiger partial charge on any atom is -0.331 e. The maximum absolute atomic E-state index is 13.7. The van der Waals surface area contributed by atoms with Crippen LogP contribution < -0.4 is 10.2 Å². The van der Waals surface area contributed by atoms with Crippen molar-refractivity contribution in [2.24, 2.45) is 0 Å². The van der Waals surface area contributed by atoms with Crippen LogP contribution in [0.15, 0.2) is 53.8 Å². The summed E-state index contributed by atoms with van der Waals surface area (Å²) in [5.74, 6) is -0.325. The van der Waals surface area contributed by atoms with Gasteiger partial charge in [-0.15, -0.1) is 0 Å². The summed E-state index contributed by atoms with van der Waals surface area (Å²) >= 11 is 0. The molecule has 1 aliphatic rings. The third-order valence-corrected chi connectivity index (χ3v) is 7.34. The molecule has 0 unspecified atom stereocenters. The van der Waals surface area contributed by atoms with E-state index in [0.717, 1.165) is 24.1 Å². The van der Waals surface area contributed by atoms with Crippen molar-refractivity contribution in [1.82, 2.24) is 20.1 Å². The Hall–Kier alpha value is -3.27. The van der Waals surface area contributed by atoms with Gasteiger partial charge in [-0.05, 0) is 75.1 Å². The number of sulfone groups is 1. The van der Waals surface area contributed by atoms with Crippen molar-refractivity contribution in [3.63, 3.8) is 0 Å². The van der Waals surface area contributed by atoms with Gasteiger partial charge in [0.15, 0.2) is 14.9 Å². The van der Waals surface area contributed by atoms with Crippen molar-refractivity contribution < 1.29 is 17.6 Å². The molecular formula is C25H30FN5O3S. The zero-order valence-corrected chi connectivity index (χ0v) is 21.1. The molecule has 3 aromatic rings. The van der Waals surface area contributed by atoms with Gasteiger partial charge < -0.3 is 5.32 Å². The average molecular weight is 500 g/mol. The number of nitrogens with zero attached hydrogens (tertiary/aromatic N) is 4. The lowest BCUT2D eigenvalue weighted by atomic mass is 9.90. The van der Waals surface area contributed by atoms with Crippen molar-refractivity contribution in [1.29, 1.82) is 0 Å².